The number of rotatable bonds is 4. The van der Waals surface area contributed by atoms with Gasteiger partial charge in [-0.1, -0.05) is 43.9 Å². The highest BCUT2D eigenvalue weighted by molar-refractivity contribution is 5.78. The van der Waals surface area contributed by atoms with Gasteiger partial charge >= 0.3 is 0 Å². The van der Waals surface area contributed by atoms with Crippen molar-refractivity contribution in [1.29, 1.82) is 0 Å². The Bertz CT molecular complexity index is 457. The van der Waals surface area contributed by atoms with E-state index in [9.17, 15) is 4.79 Å². The molecule has 0 saturated heterocycles. The van der Waals surface area contributed by atoms with Crippen molar-refractivity contribution in [3.63, 3.8) is 0 Å². The van der Waals surface area contributed by atoms with Gasteiger partial charge in [-0.2, -0.15) is 0 Å². The molecule has 1 aromatic rings. The van der Waals surface area contributed by atoms with Gasteiger partial charge in [0.15, 0.2) is 0 Å². The van der Waals surface area contributed by atoms with Crippen molar-refractivity contribution in [2.75, 3.05) is 6.54 Å². The standard InChI is InChI=1S/C15H20N2O/c1-3-12(2)15(18)17-11-14-8-5-4-7-13(14)9-6-10-16/h4-5,7-8,12H,3,10-11,16H2,1-2H3,(H,17,18). The molecular formula is C15H20N2O. The zero-order valence-electron chi connectivity index (χ0n) is 11.0. The number of nitrogens with one attached hydrogen (secondary N) is 1. The minimum absolute atomic E-state index is 0.0484. The maximum atomic E-state index is 11.7. The predicted molar refractivity (Wildman–Crippen MR) is 73.7 cm³/mol. The quantitative estimate of drug-likeness (QED) is 0.791. The van der Waals surface area contributed by atoms with Gasteiger partial charge < -0.3 is 11.1 Å². The van der Waals surface area contributed by atoms with Crippen LogP contribution in [-0.4, -0.2) is 12.5 Å². The van der Waals surface area contributed by atoms with Crippen LogP contribution >= 0.6 is 0 Å². The Morgan fingerprint density at radius 3 is 2.83 bits per heavy atom. The Hall–Kier alpha value is -1.79. The van der Waals surface area contributed by atoms with Gasteiger partial charge in [-0.05, 0) is 18.1 Å². The minimum Gasteiger partial charge on any atom is -0.352 e. The fourth-order valence-corrected chi connectivity index (χ4v) is 1.48. The van der Waals surface area contributed by atoms with Gasteiger partial charge in [-0.25, -0.2) is 0 Å². The highest BCUT2D eigenvalue weighted by Gasteiger charge is 2.10. The molecule has 1 atom stereocenters. The van der Waals surface area contributed by atoms with Crippen LogP contribution in [0, 0.1) is 17.8 Å². The maximum Gasteiger partial charge on any atom is 0.223 e. The molecule has 96 valence electrons. The average Bonchev–Trinajstić information content (AvgIpc) is 2.42. The van der Waals surface area contributed by atoms with E-state index < -0.39 is 0 Å². The van der Waals surface area contributed by atoms with Gasteiger partial charge in [0.1, 0.15) is 0 Å². The smallest absolute Gasteiger partial charge is 0.223 e. The van der Waals surface area contributed by atoms with Crippen LogP contribution in [0.4, 0.5) is 0 Å². The summed E-state index contributed by atoms with van der Waals surface area (Å²) in [6.45, 7) is 4.78. The van der Waals surface area contributed by atoms with Crippen LogP contribution in [0.15, 0.2) is 24.3 Å². The number of amides is 1. The van der Waals surface area contributed by atoms with Crippen molar-refractivity contribution in [1.82, 2.24) is 5.32 Å². The van der Waals surface area contributed by atoms with Gasteiger partial charge in [0.05, 0.1) is 6.54 Å². The molecule has 0 bridgehead atoms. The van der Waals surface area contributed by atoms with Crippen molar-refractivity contribution in [2.45, 2.75) is 26.8 Å². The van der Waals surface area contributed by atoms with Crippen LogP contribution in [0.1, 0.15) is 31.4 Å². The molecule has 1 amide bonds. The molecule has 1 rings (SSSR count). The van der Waals surface area contributed by atoms with Gasteiger partial charge in [-0.15, -0.1) is 0 Å². The van der Waals surface area contributed by atoms with Gasteiger partial charge in [0.25, 0.3) is 0 Å². The van der Waals surface area contributed by atoms with Gasteiger partial charge in [0.2, 0.25) is 5.91 Å². The molecule has 0 aliphatic carbocycles. The van der Waals surface area contributed by atoms with E-state index in [4.69, 9.17) is 5.73 Å². The Morgan fingerprint density at radius 2 is 2.17 bits per heavy atom. The Morgan fingerprint density at radius 1 is 1.44 bits per heavy atom. The van der Waals surface area contributed by atoms with Crippen LogP contribution in [0.3, 0.4) is 0 Å². The number of hydrogen-bond acceptors (Lipinski definition) is 2. The van der Waals surface area contributed by atoms with E-state index in [0.717, 1.165) is 17.5 Å². The maximum absolute atomic E-state index is 11.7. The summed E-state index contributed by atoms with van der Waals surface area (Å²) in [6.07, 6.45) is 0.848. The fraction of sp³-hybridized carbons (Fsp3) is 0.400. The largest absolute Gasteiger partial charge is 0.352 e. The monoisotopic (exact) mass is 244 g/mol. The summed E-state index contributed by atoms with van der Waals surface area (Å²) >= 11 is 0. The molecule has 0 radical (unpaired) electrons. The first-order valence-corrected chi connectivity index (χ1v) is 6.23. The Kier molecular flexibility index (Phi) is 5.96. The first kappa shape index (κ1) is 14.3. The predicted octanol–water partition coefficient (Wildman–Crippen LogP) is 1.66. The summed E-state index contributed by atoms with van der Waals surface area (Å²) in [5.41, 5.74) is 7.31. The van der Waals surface area contributed by atoms with Crippen LogP contribution in [0.2, 0.25) is 0 Å². The van der Waals surface area contributed by atoms with E-state index >= 15 is 0 Å². The Labute approximate surface area is 109 Å². The van der Waals surface area contributed by atoms with Crippen molar-refractivity contribution in [3.8, 4) is 11.8 Å². The lowest BCUT2D eigenvalue weighted by atomic mass is 10.1. The molecule has 1 aromatic carbocycles. The SMILES string of the molecule is CCC(C)C(=O)NCc1ccccc1C#CCN. The summed E-state index contributed by atoms with van der Waals surface area (Å²) in [6, 6.07) is 7.78. The topological polar surface area (TPSA) is 55.1 Å². The number of carbonyl (C=O) groups excluding carboxylic acids is 1. The molecule has 3 nitrogen and oxygen atoms in total. The summed E-state index contributed by atoms with van der Waals surface area (Å²) in [7, 11) is 0. The van der Waals surface area contributed by atoms with E-state index in [-0.39, 0.29) is 11.8 Å². The molecule has 0 aliphatic heterocycles. The third-order valence-electron chi connectivity index (χ3n) is 2.86. The zero-order valence-corrected chi connectivity index (χ0v) is 11.0. The van der Waals surface area contributed by atoms with Crippen molar-refractivity contribution >= 4 is 5.91 Å². The van der Waals surface area contributed by atoms with E-state index in [0.29, 0.717) is 13.1 Å². The molecule has 1 unspecified atom stereocenters. The molecule has 0 heterocycles. The summed E-state index contributed by atoms with van der Waals surface area (Å²) in [5.74, 6) is 5.98. The second-order valence-electron chi connectivity index (χ2n) is 4.19. The molecule has 0 fully saturated rings. The first-order valence-electron chi connectivity index (χ1n) is 6.23. The van der Waals surface area contributed by atoms with Crippen LogP contribution in [0.5, 0.6) is 0 Å². The van der Waals surface area contributed by atoms with Crippen molar-refractivity contribution < 1.29 is 4.79 Å². The molecular weight excluding hydrogens is 224 g/mol. The van der Waals surface area contributed by atoms with Crippen LogP contribution in [0.25, 0.3) is 0 Å². The highest BCUT2D eigenvalue weighted by atomic mass is 16.1. The van der Waals surface area contributed by atoms with E-state index in [2.05, 4.69) is 17.2 Å². The van der Waals surface area contributed by atoms with E-state index in [1.54, 1.807) is 0 Å². The Balaban J connectivity index is 2.70. The number of nitrogens with two attached hydrogens (primary N) is 1. The zero-order chi connectivity index (χ0) is 13.4. The minimum atomic E-state index is 0.0484. The van der Waals surface area contributed by atoms with E-state index in [1.807, 2.05) is 38.1 Å². The van der Waals surface area contributed by atoms with Gasteiger partial charge in [-0.3, -0.25) is 4.79 Å². The molecule has 0 aliphatic rings. The summed E-state index contributed by atoms with van der Waals surface area (Å²) in [5, 5.41) is 2.93. The summed E-state index contributed by atoms with van der Waals surface area (Å²) in [4.78, 5) is 11.7. The number of benzene rings is 1. The molecule has 0 spiro atoms. The lowest BCUT2D eigenvalue weighted by Crippen LogP contribution is -2.28. The molecule has 0 saturated carbocycles. The first-order chi connectivity index (χ1) is 8.69. The fourth-order valence-electron chi connectivity index (χ4n) is 1.48. The lowest BCUT2D eigenvalue weighted by Gasteiger charge is -2.11. The molecule has 18 heavy (non-hydrogen) atoms. The molecule has 0 aromatic heterocycles. The normalized spacial score (nSPS) is 11.3. The third-order valence-corrected chi connectivity index (χ3v) is 2.86. The molecule has 3 N–H and O–H groups in total. The van der Waals surface area contributed by atoms with Crippen molar-refractivity contribution in [3.05, 3.63) is 35.4 Å². The summed E-state index contributed by atoms with van der Waals surface area (Å²) < 4.78 is 0. The number of hydrogen-bond donors (Lipinski definition) is 2. The third kappa shape index (κ3) is 4.23. The number of carbonyl (C=O) groups is 1. The lowest BCUT2D eigenvalue weighted by molar-refractivity contribution is -0.124. The van der Waals surface area contributed by atoms with E-state index in [1.165, 1.54) is 0 Å². The molecule has 3 heteroatoms. The van der Waals surface area contributed by atoms with Gasteiger partial charge in [0, 0.05) is 18.0 Å². The van der Waals surface area contributed by atoms with Crippen LogP contribution < -0.4 is 11.1 Å². The second kappa shape index (κ2) is 7.52. The second-order valence-corrected chi connectivity index (χ2v) is 4.19. The van der Waals surface area contributed by atoms with Crippen molar-refractivity contribution in [2.24, 2.45) is 11.7 Å². The average molecular weight is 244 g/mol. The highest BCUT2D eigenvalue weighted by Crippen LogP contribution is 2.08. The van der Waals surface area contributed by atoms with Crippen LogP contribution in [-0.2, 0) is 11.3 Å².